The number of nitrogens with one attached hydrogen (secondary N) is 2. The summed E-state index contributed by atoms with van der Waals surface area (Å²) in [6, 6.07) is 7.29. The first-order chi connectivity index (χ1) is 11.6. The summed E-state index contributed by atoms with van der Waals surface area (Å²) in [5, 5.41) is 8.31. The molecule has 0 fully saturated rings. The summed E-state index contributed by atoms with van der Waals surface area (Å²) in [4.78, 5) is 19.3. The van der Waals surface area contributed by atoms with Crippen LogP contribution in [0.5, 0.6) is 0 Å². The predicted molar refractivity (Wildman–Crippen MR) is 93.3 cm³/mol. The second-order valence-electron chi connectivity index (χ2n) is 5.65. The highest BCUT2D eigenvalue weighted by Crippen LogP contribution is 2.15. The van der Waals surface area contributed by atoms with Gasteiger partial charge in [0.15, 0.2) is 0 Å². The number of hydrogen-bond acceptors (Lipinski definition) is 5. The number of H-pyrrole nitrogens is 1. The van der Waals surface area contributed by atoms with Crippen LogP contribution >= 0.6 is 0 Å². The maximum Gasteiger partial charge on any atom is 0.260 e. The van der Waals surface area contributed by atoms with Gasteiger partial charge in [-0.25, -0.2) is 4.98 Å². The van der Waals surface area contributed by atoms with E-state index >= 15 is 0 Å². The zero-order valence-corrected chi connectivity index (χ0v) is 14.1. The van der Waals surface area contributed by atoms with E-state index in [4.69, 9.17) is 4.74 Å². The van der Waals surface area contributed by atoms with Crippen molar-refractivity contribution in [3.05, 3.63) is 51.6 Å². The smallest absolute Gasteiger partial charge is 0.260 e. The molecule has 1 aromatic carbocycles. The van der Waals surface area contributed by atoms with Gasteiger partial charge in [-0.15, -0.1) is 0 Å². The normalized spacial score (nSPS) is 11.1. The zero-order chi connectivity index (χ0) is 17.1. The zero-order valence-electron chi connectivity index (χ0n) is 14.1. The molecule has 3 aromatic rings. The molecule has 24 heavy (non-hydrogen) atoms. The highest BCUT2D eigenvalue weighted by atomic mass is 16.5. The molecule has 0 unspecified atom stereocenters. The number of aromatic nitrogens is 4. The summed E-state index contributed by atoms with van der Waals surface area (Å²) in [6.07, 6.45) is 0. The third-order valence-electron chi connectivity index (χ3n) is 4.08. The standard InChI is InChI=1S/C17H21N5O2/c1-11-14(12(2)22(21-11)8-9-24-3)10-18-17-19-15-7-5-4-6-13(15)16(23)20-17/h4-7H,8-10H2,1-3H3,(H2,18,19,20,23). The van der Waals surface area contributed by atoms with Crippen LogP contribution in [0.2, 0.25) is 0 Å². The molecule has 0 saturated heterocycles. The van der Waals surface area contributed by atoms with Gasteiger partial charge in [-0.1, -0.05) is 12.1 Å². The lowest BCUT2D eigenvalue weighted by molar-refractivity contribution is 0.182. The second kappa shape index (κ2) is 6.84. The molecule has 0 aliphatic carbocycles. The van der Waals surface area contributed by atoms with Gasteiger partial charge in [0, 0.05) is 24.9 Å². The summed E-state index contributed by atoms with van der Waals surface area (Å²) in [7, 11) is 1.68. The van der Waals surface area contributed by atoms with Crippen LogP contribution in [0.3, 0.4) is 0 Å². The average Bonchev–Trinajstić information content (AvgIpc) is 2.85. The molecule has 0 amide bonds. The Balaban J connectivity index is 1.81. The van der Waals surface area contributed by atoms with Crippen LogP contribution < -0.4 is 10.9 Å². The highest BCUT2D eigenvalue weighted by molar-refractivity contribution is 5.78. The van der Waals surface area contributed by atoms with Crippen molar-refractivity contribution in [2.24, 2.45) is 0 Å². The van der Waals surface area contributed by atoms with Gasteiger partial charge in [0.2, 0.25) is 5.95 Å². The summed E-state index contributed by atoms with van der Waals surface area (Å²) in [6.45, 7) is 5.89. The van der Waals surface area contributed by atoms with Crippen LogP contribution in [0.25, 0.3) is 10.9 Å². The van der Waals surface area contributed by atoms with Crippen LogP contribution in [0.1, 0.15) is 17.0 Å². The number of nitrogens with zero attached hydrogens (tertiary/aromatic N) is 3. The Morgan fingerprint density at radius 2 is 2.08 bits per heavy atom. The molecule has 0 saturated carbocycles. The summed E-state index contributed by atoms with van der Waals surface area (Å²) >= 11 is 0. The summed E-state index contributed by atoms with van der Waals surface area (Å²) in [5.74, 6) is 0.460. The first kappa shape index (κ1) is 16.2. The van der Waals surface area contributed by atoms with Crippen molar-refractivity contribution in [3.63, 3.8) is 0 Å². The van der Waals surface area contributed by atoms with E-state index in [1.54, 1.807) is 13.2 Å². The molecule has 0 bridgehead atoms. The molecule has 3 rings (SSSR count). The molecule has 7 nitrogen and oxygen atoms in total. The number of ether oxygens (including phenoxy) is 1. The van der Waals surface area contributed by atoms with Gasteiger partial charge in [0.05, 0.1) is 29.7 Å². The molecule has 2 N–H and O–H groups in total. The number of hydrogen-bond donors (Lipinski definition) is 2. The van der Waals surface area contributed by atoms with E-state index in [2.05, 4.69) is 20.4 Å². The fourth-order valence-corrected chi connectivity index (χ4v) is 2.73. The van der Waals surface area contributed by atoms with Gasteiger partial charge in [-0.3, -0.25) is 14.5 Å². The lowest BCUT2D eigenvalue weighted by Gasteiger charge is -2.08. The Hall–Kier alpha value is -2.67. The van der Waals surface area contributed by atoms with E-state index in [0.717, 1.165) is 17.0 Å². The van der Waals surface area contributed by atoms with Crippen LogP contribution in [0.15, 0.2) is 29.1 Å². The largest absolute Gasteiger partial charge is 0.383 e. The van der Waals surface area contributed by atoms with Gasteiger partial charge in [0.25, 0.3) is 5.56 Å². The number of anilines is 1. The van der Waals surface area contributed by atoms with E-state index in [0.29, 0.717) is 36.5 Å². The van der Waals surface area contributed by atoms with Crippen molar-refractivity contribution in [1.29, 1.82) is 0 Å². The maximum atomic E-state index is 12.1. The van der Waals surface area contributed by atoms with Crippen molar-refractivity contribution in [1.82, 2.24) is 19.7 Å². The number of methoxy groups -OCH3 is 1. The monoisotopic (exact) mass is 327 g/mol. The summed E-state index contributed by atoms with van der Waals surface area (Å²) in [5.41, 5.74) is 3.67. The Kier molecular flexibility index (Phi) is 4.61. The molecule has 2 aromatic heterocycles. The minimum Gasteiger partial charge on any atom is -0.383 e. The number of fused-ring (bicyclic) bond motifs is 1. The molecule has 0 radical (unpaired) electrons. The van der Waals surface area contributed by atoms with Crippen LogP contribution in [-0.2, 0) is 17.8 Å². The molecule has 0 spiro atoms. The minimum atomic E-state index is -0.146. The van der Waals surface area contributed by atoms with Crippen molar-refractivity contribution >= 4 is 16.9 Å². The predicted octanol–water partition coefficient (Wildman–Crippen LogP) is 1.99. The van der Waals surface area contributed by atoms with E-state index in [-0.39, 0.29) is 5.56 Å². The molecule has 7 heteroatoms. The number of para-hydroxylation sites is 1. The second-order valence-corrected chi connectivity index (χ2v) is 5.65. The highest BCUT2D eigenvalue weighted by Gasteiger charge is 2.12. The van der Waals surface area contributed by atoms with E-state index < -0.39 is 0 Å². The topological polar surface area (TPSA) is 84.8 Å². The van der Waals surface area contributed by atoms with E-state index in [1.807, 2.05) is 36.7 Å². The van der Waals surface area contributed by atoms with Crippen LogP contribution in [0, 0.1) is 13.8 Å². The van der Waals surface area contributed by atoms with Crippen LogP contribution in [0.4, 0.5) is 5.95 Å². The number of aromatic amines is 1. The van der Waals surface area contributed by atoms with Gasteiger partial charge >= 0.3 is 0 Å². The fraction of sp³-hybridized carbons (Fsp3) is 0.353. The minimum absolute atomic E-state index is 0.146. The van der Waals surface area contributed by atoms with Gasteiger partial charge in [-0.05, 0) is 26.0 Å². The van der Waals surface area contributed by atoms with Crippen molar-refractivity contribution in [2.45, 2.75) is 26.9 Å². The van der Waals surface area contributed by atoms with Crippen molar-refractivity contribution < 1.29 is 4.74 Å². The third kappa shape index (κ3) is 3.16. The fourth-order valence-electron chi connectivity index (χ4n) is 2.73. The Labute approximate surface area is 139 Å². The SMILES string of the molecule is COCCn1nc(C)c(CNc2nc3ccccc3c(=O)[nH]2)c1C. The van der Waals surface area contributed by atoms with Gasteiger partial charge < -0.3 is 10.1 Å². The maximum absolute atomic E-state index is 12.1. The van der Waals surface area contributed by atoms with E-state index in [1.165, 1.54) is 0 Å². The van der Waals surface area contributed by atoms with E-state index in [9.17, 15) is 4.79 Å². The molecular formula is C17H21N5O2. The molecule has 0 aliphatic rings. The van der Waals surface area contributed by atoms with Gasteiger partial charge in [0.1, 0.15) is 0 Å². The molecule has 0 aliphatic heterocycles. The first-order valence-electron chi connectivity index (χ1n) is 7.85. The van der Waals surface area contributed by atoms with Crippen LogP contribution in [-0.4, -0.2) is 33.5 Å². The Morgan fingerprint density at radius 3 is 2.88 bits per heavy atom. The Bertz CT molecular complexity index is 913. The van der Waals surface area contributed by atoms with Crippen molar-refractivity contribution in [2.75, 3.05) is 19.0 Å². The quantitative estimate of drug-likeness (QED) is 0.723. The number of aryl methyl sites for hydroxylation is 1. The molecule has 126 valence electrons. The Morgan fingerprint density at radius 1 is 1.29 bits per heavy atom. The van der Waals surface area contributed by atoms with Crippen molar-refractivity contribution in [3.8, 4) is 0 Å². The average molecular weight is 327 g/mol. The first-order valence-corrected chi connectivity index (χ1v) is 7.85. The molecule has 0 atom stereocenters. The lowest BCUT2D eigenvalue weighted by Crippen LogP contribution is -2.13. The molecule has 2 heterocycles. The van der Waals surface area contributed by atoms with Gasteiger partial charge in [-0.2, -0.15) is 5.10 Å². The molecular weight excluding hydrogens is 306 g/mol. The number of benzene rings is 1. The lowest BCUT2D eigenvalue weighted by atomic mass is 10.2. The third-order valence-corrected chi connectivity index (χ3v) is 4.08. The number of rotatable bonds is 6. The summed E-state index contributed by atoms with van der Waals surface area (Å²) < 4.78 is 7.04.